The first-order valence-electron chi connectivity index (χ1n) is 10.6. The minimum Gasteiger partial charge on any atom is -0.497 e. The molecule has 0 bridgehead atoms. The summed E-state index contributed by atoms with van der Waals surface area (Å²) in [7, 11) is 3.09. The number of nitrogens with zero attached hydrogens (tertiary/aromatic N) is 3. The van der Waals surface area contributed by atoms with E-state index in [2.05, 4.69) is 15.7 Å². The van der Waals surface area contributed by atoms with Crippen LogP contribution in [0, 0.1) is 10.1 Å². The molecule has 4 rings (SSSR count). The largest absolute Gasteiger partial charge is 0.497 e. The first-order chi connectivity index (χ1) is 16.0. The van der Waals surface area contributed by atoms with Crippen LogP contribution < -0.4 is 20.1 Å². The summed E-state index contributed by atoms with van der Waals surface area (Å²) < 4.78 is 12.3. The molecule has 0 atom stereocenters. The average molecular weight is 451 g/mol. The lowest BCUT2D eigenvalue weighted by molar-refractivity contribution is -0.384. The van der Waals surface area contributed by atoms with Gasteiger partial charge in [-0.05, 0) is 38.1 Å². The van der Waals surface area contributed by atoms with Gasteiger partial charge in [-0.1, -0.05) is 0 Å². The second-order valence-electron chi connectivity index (χ2n) is 7.71. The number of rotatable bonds is 7. The number of methoxy groups -OCH3 is 2. The molecule has 1 amide bonds. The third-order valence-corrected chi connectivity index (χ3v) is 5.69. The van der Waals surface area contributed by atoms with Gasteiger partial charge in [-0.2, -0.15) is 5.10 Å². The highest BCUT2D eigenvalue weighted by Gasteiger charge is 2.27. The van der Waals surface area contributed by atoms with Crippen LogP contribution in [0.1, 0.15) is 34.8 Å². The van der Waals surface area contributed by atoms with Gasteiger partial charge in [-0.25, -0.2) is 4.68 Å². The lowest BCUT2D eigenvalue weighted by Gasteiger charge is -2.24. The molecule has 0 aliphatic carbocycles. The van der Waals surface area contributed by atoms with Gasteiger partial charge in [0.05, 0.1) is 42.3 Å². The molecule has 1 saturated heterocycles. The molecule has 3 aromatic rings. The second-order valence-corrected chi connectivity index (χ2v) is 7.71. The summed E-state index contributed by atoms with van der Waals surface area (Å²) in [5.74, 6) is 0.936. The summed E-state index contributed by atoms with van der Waals surface area (Å²) >= 11 is 0. The molecule has 1 fully saturated rings. The zero-order valence-electron chi connectivity index (χ0n) is 18.4. The van der Waals surface area contributed by atoms with Crippen molar-refractivity contribution >= 4 is 17.3 Å². The average Bonchev–Trinajstić information content (AvgIpc) is 3.29. The molecule has 2 N–H and O–H groups in total. The van der Waals surface area contributed by atoms with E-state index in [1.54, 1.807) is 55.4 Å². The normalized spacial score (nSPS) is 14.0. The molecule has 0 radical (unpaired) electrons. The number of benzene rings is 2. The standard InChI is InChI=1S/C23H25N5O5/c1-32-19-11-16(12-20(13-19)33-2)26-23(29)21-14-25-27(22(21)15-7-9-24-10-8-15)17-3-5-18(6-4-17)28(30)31/h3-6,11-15,24H,7-10H2,1-2H3,(H,26,29). The number of amides is 1. The van der Waals surface area contributed by atoms with E-state index in [9.17, 15) is 14.9 Å². The molecule has 2 heterocycles. The van der Waals surface area contributed by atoms with Gasteiger partial charge in [0.15, 0.2) is 0 Å². The molecule has 172 valence electrons. The van der Waals surface area contributed by atoms with Crippen molar-refractivity contribution in [3.63, 3.8) is 0 Å². The fourth-order valence-electron chi connectivity index (χ4n) is 4.02. The highest BCUT2D eigenvalue weighted by Crippen LogP contribution is 2.32. The number of carbonyl (C=O) groups excluding carboxylic acids is 1. The summed E-state index contributed by atoms with van der Waals surface area (Å²) in [5.41, 5.74) is 2.45. The Morgan fingerprint density at radius 2 is 1.76 bits per heavy atom. The predicted molar refractivity (Wildman–Crippen MR) is 123 cm³/mol. The van der Waals surface area contributed by atoms with E-state index < -0.39 is 4.92 Å². The van der Waals surface area contributed by atoms with Gasteiger partial charge in [0.25, 0.3) is 11.6 Å². The van der Waals surface area contributed by atoms with Crippen molar-refractivity contribution in [1.82, 2.24) is 15.1 Å². The summed E-state index contributed by atoms with van der Waals surface area (Å²) in [6.07, 6.45) is 3.25. The topological polar surface area (TPSA) is 121 Å². The van der Waals surface area contributed by atoms with E-state index in [4.69, 9.17) is 9.47 Å². The molecule has 1 aliphatic heterocycles. The predicted octanol–water partition coefficient (Wildman–Crippen LogP) is 3.52. The molecule has 10 nitrogen and oxygen atoms in total. The minimum absolute atomic E-state index is 0.000684. The number of nitro groups is 1. The zero-order valence-corrected chi connectivity index (χ0v) is 18.4. The monoisotopic (exact) mass is 451 g/mol. The van der Waals surface area contributed by atoms with Crippen LogP contribution in [0.4, 0.5) is 11.4 Å². The lowest BCUT2D eigenvalue weighted by atomic mass is 9.91. The molecule has 0 saturated carbocycles. The van der Waals surface area contributed by atoms with Crippen LogP contribution in [-0.2, 0) is 0 Å². The Bertz CT molecular complexity index is 1130. The Morgan fingerprint density at radius 1 is 1.12 bits per heavy atom. The van der Waals surface area contributed by atoms with Crippen molar-refractivity contribution in [2.24, 2.45) is 0 Å². The Morgan fingerprint density at radius 3 is 2.33 bits per heavy atom. The fourth-order valence-corrected chi connectivity index (χ4v) is 4.02. The molecular weight excluding hydrogens is 426 g/mol. The number of nitrogens with one attached hydrogen (secondary N) is 2. The van der Waals surface area contributed by atoms with Crippen molar-refractivity contribution in [2.45, 2.75) is 18.8 Å². The van der Waals surface area contributed by atoms with Crippen molar-refractivity contribution in [2.75, 3.05) is 32.6 Å². The number of hydrogen-bond acceptors (Lipinski definition) is 7. The molecular formula is C23H25N5O5. The van der Waals surface area contributed by atoms with Gasteiger partial charge in [-0.15, -0.1) is 0 Å². The maximum atomic E-state index is 13.3. The van der Waals surface area contributed by atoms with Crippen LogP contribution in [0.2, 0.25) is 0 Å². The molecule has 1 aromatic heterocycles. The maximum Gasteiger partial charge on any atom is 0.269 e. The number of carbonyl (C=O) groups is 1. The van der Waals surface area contributed by atoms with Crippen molar-refractivity contribution in [3.05, 3.63) is 70.0 Å². The van der Waals surface area contributed by atoms with E-state index >= 15 is 0 Å². The summed E-state index contributed by atoms with van der Waals surface area (Å²) in [6, 6.07) is 11.3. The molecule has 2 aromatic carbocycles. The van der Waals surface area contributed by atoms with Crippen molar-refractivity contribution in [1.29, 1.82) is 0 Å². The zero-order chi connectivity index (χ0) is 23.4. The minimum atomic E-state index is -0.443. The van der Waals surface area contributed by atoms with Gasteiger partial charge in [-0.3, -0.25) is 14.9 Å². The summed E-state index contributed by atoms with van der Waals surface area (Å²) in [5, 5.41) is 21.8. The van der Waals surface area contributed by atoms with Crippen LogP contribution in [-0.4, -0.2) is 47.9 Å². The van der Waals surface area contributed by atoms with Gasteiger partial charge >= 0.3 is 0 Å². The van der Waals surface area contributed by atoms with Crippen LogP contribution in [0.15, 0.2) is 48.7 Å². The highest BCUT2D eigenvalue weighted by molar-refractivity contribution is 6.05. The number of piperidine rings is 1. The van der Waals surface area contributed by atoms with E-state index in [1.807, 2.05) is 0 Å². The van der Waals surface area contributed by atoms with E-state index in [0.29, 0.717) is 28.4 Å². The van der Waals surface area contributed by atoms with Crippen LogP contribution in [0.3, 0.4) is 0 Å². The summed E-state index contributed by atoms with van der Waals surface area (Å²) in [4.78, 5) is 23.9. The SMILES string of the molecule is COc1cc(NC(=O)c2cnn(-c3ccc([N+](=O)[O-])cc3)c2C2CCNCC2)cc(OC)c1. The number of anilines is 1. The molecule has 33 heavy (non-hydrogen) atoms. The van der Waals surface area contributed by atoms with E-state index in [-0.39, 0.29) is 17.5 Å². The van der Waals surface area contributed by atoms with Gasteiger partial charge < -0.3 is 20.1 Å². The number of ether oxygens (including phenoxy) is 2. The van der Waals surface area contributed by atoms with E-state index in [0.717, 1.165) is 31.6 Å². The van der Waals surface area contributed by atoms with Gasteiger partial charge in [0.1, 0.15) is 11.5 Å². The Balaban J connectivity index is 1.70. The van der Waals surface area contributed by atoms with Crippen molar-refractivity contribution in [3.8, 4) is 17.2 Å². The third kappa shape index (κ3) is 4.80. The highest BCUT2D eigenvalue weighted by atomic mass is 16.6. The first kappa shape index (κ1) is 22.3. The Hall–Kier alpha value is -3.92. The van der Waals surface area contributed by atoms with Gasteiger partial charge in [0.2, 0.25) is 0 Å². The van der Waals surface area contributed by atoms with Crippen LogP contribution >= 0.6 is 0 Å². The number of nitro benzene ring substituents is 1. The van der Waals surface area contributed by atoms with Crippen molar-refractivity contribution < 1.29 is 19.2 Å². The quantitative estimate of drug-likeness (QED) is 0.416. The van der Waals surface area contributed by atoms with Crippen LogP contribution in [0.5, 0.6) is 11.5 Å². The lowest BCUT2D eigenvalue weighted by Crippen LogP contribution is -2.29. The molecule has 0 unspecified atom stereocenters. The Labute approximate surface area is 190 Å². The smallest absolute Gasteiger partial charge is 0.269 e. The molecule has 10 heteroatoms. The third-order valence-electron chi connectivity index (χ3n) is 5.69. The van der Waals surface area contributed by atoms with E-state index in [1.165, 1.54) is 12.1 Å². The first-order valence-corrected chi connectivity index (χ1v) is 10.6. The van der Waals surface area contributed by atoms with Crippen LogP contribution in [0.25, 0.3) is 5.69 Å². The second kappa shape index (κ2) is 9.70. The Kier molecular flexibility index (Phi) is 6.55. The maximum absolute atomic E-state index is 13.3. The fraction of sp³-hybridized carbons (Fsp3) is 0.304. The number of hydrogen-bond donors (Lipinski definition) is 2. The summed E-state index contributed by atoms with van der Waals surface area (Å²) in [6.45, 7) is 1.68. The molecule has 0 spiro atoms. The number of non-ortho nitro benzene ring substituents is 1. The van der Waals surface area contributed by atoms with Gasteiger partial charge in [0, 0.05) is 41.9 Å². The number of aromatic nitrogens is 2. The molecule has 1 aliphatic rings.